The normalized spacial score (nSPS) is 16.5. The van der Waals surface area contributed by atoms with Gasteiger partial charge in [-0.2, -0.15) is 0 Å². The molecule has 0 saturated carbocycles. The summed E-state index contributed by atoms with van der Waals surface area (Å²) in [4.78, 5) is 38.1. The summed E-state index contributed by atoms with van der Waals surface area (Å²) in [5.74, 6) is -1.39. The maximum absolute atomic E-state index is 12.4. The Morgan fingerprint density at radius 3 is 2.67 bits per heavy atom. The van der Waals surface area contributed by atoms with Gasteiger partial charge in [0.05, 0.1) is 7.11 Å². The predicted octanol–water partition coefficient (Wildman–Crippen LogP) is 1.75. The van der Waals surface area contributed by atoms with Crippen LogP contribution in [0.5, 0.6) is 5.75 Å². The number of ether oxygens (including phenoxy) is 2. The topological polar surface area (TPSA) is 76.2 Å². The first-order chi connectivity index (χ1) is 12.7. The lowest BCUT2D eigenvalue weighted by Crippen LogP contribution is -2.46. The van der Waals surface area contributed by atoms with Crippen molar-refractivity contribution in [3.8, 4) is 5.75 Å². The molecule has 1 amide bonds. The van der Waals surface area contributed by atoms with Crippen molar-refractivity contribution in [2.45, 2.75) is 25.2 Å². The third-order valence-electron chi connectivity index (χ3n) is 4.11. The summed E-state index contributed by atoms with van der Waals surface area (Å²) in [5, 5.41) is 0. The van der Waals surface area contributed by atoms with Gasteiger partial charge in [-0.15, -0.1) is 13.2 Å². The number of hydrogen-bond donors (Lipinski definition) is 0. The van der Waals surface area contributed by atoms with Crippen molar-refractivity contribution in [1.82, 2.24) is 4.90 Å². The number of esters is 1. The van der Waals surface area contributed by atoms with Gasteiger partial charge in [-0.1, -0.05) is 6.07 Å². The number of nitrogens with zero attached hydrogens (tertiary/aromatic N) is 2. The van der Waals surface area contributed by atoms with E-state index in [0.717, 1.165) is 0 Å². The summed E-state index contributed by atoms with van der Waals surface area (Å²) in [6.45, 7) is 0.643. The molecule has 0 aliphatic carbocycles. The molecule has 0 aromatic heterocycles. The summed E-state index contributed by atoms with van der Waals surface area (Å²) >= 11 is 0. The first-order valence-electron chi connectivity index (χ1n) is 8.17. The maximum atomic E-state index is 12.4. The molecule has 1 aliphatic rings. The predicted molar refractivity (Wildman–Crippen MR) is 88.2 cm³/mol. The smallest absolute Gasteiger partial charge is 0.467 e. The molecule has 0 N–H and O–H groups in total. The van der Waals surface area contributed by atoms with Crippen molar-refractivity contribution >= 4 is 23.9 Å². The second kappa shape index (κ2) is 8.74. The van der Waals surface area contributed by atoms with E-state index in [9.17, 15) is 27.6 Å². The number of alkyl halides is 3. The third kappa shape index (κ3) is 5.60. The van der Waals surface area contributed by atoms with Crippen molar-refractivity contribution in [2.75, 3.05) is 31.6 Å². The molecule has 1 aromatic rings. The SMILES string of the molecule is COC(=O)[C@H](CC=O)N1CCN(c2cccc(OC(F)(F)F)c2)CCC1=O. The Labute approximate surface area is 153 Å². The van der Waals surface area contributed by atoms with Crippen LogP contribution in [0.1, 0.15) is 12.8 Å². The minimum atomic E-state index is -4.80. The fourth-order valence-electron chi connectivity index (χ4n) is 2.88. The van der Waals surface area contributed by atoms with Crippen LogP contribution in [0.15, 0.2) is 24.3 Å². The lowest BCUT2D eigenvalue weighted by Gasteiger charge is -2.28. The molecule has 27 heavy (non-hydrogen) atoms. The van der Waals surface area contributed by atoms with Crippen LogP contribution in [-0.4, -0.2) is 62.2 Å². The van der Waals surface area contributed by atoms with Crippen molar-refractivity contribution in [3.63, 3.8) is 0 Å². The van der Waals surface area contributed by atoms with Crippen LogP contribution < -0.4 is 9.64 Å². The van der Waals surface area contributed by atoms with E-state index in [0.29, 0.717) is 12.0 Å². The quantitative estimate of drug-likeness (QED) is 0.546. The minimum Gasteiger partial charge on any atom is -0.467 e. The third-order valence-corrected chi connectivity index (χ3v) is 4.11. The van der Waals surface area contributed by atoms with E-state index in [2.05, 4.69) is 9.47 Å². The number of anilines is 1. The highest BCUT2D eigenvalue weighted by Crippen LogP contribution is 2.27. The second-order valence-corrected chi connectivity index (χ2v) is 5.81. The van der Waals surface area contributed by atoms with Crippen LogP contribution in [0.25, 0.3) is 0 Å². The van der Waals surface area contributed by atoms with E-state index in [1.165, 1.54) is 30.2 Å². The lowest BCUT2D eigenvalue weighted by molar-refractivity contribution is -0.274. The van der Waals surface area contributed by atoms with Gasteiger partial charge in [-0.3, -0.25) is 4.79 Å². The standard InChI is InChI=1S/C17H19F3N2O5/c1-26-16(25)14(6-10-23)22-9-8-21(7-5-15(22)24)12-3-2-4-13(11-12)27-17(18,19)20/h2-4,10-11,14H,5-9H2,1H3/t14-/m0/s1. The Morgan fingerprint density at radius 1 is 1.30 bits per heavy atom. The van der Waals surface area contributed by atoms with Crippen molar-refractivity contribution < 1.29 is 37.0 Å². The van der Waals surface area contributed by atoms with E-state index in [-0.39, 0.29) is 44.1 Å². The number of rotatable bonds is 6. The summed E-state index contributed by atoms with van der Waals surface area (Å²) < 4.78 is 45.8. The second-order valence-electron chi connectivity index (χ2n) is 5.81. The highest BCUT2D eigenvalue weighted by molar-refractivity contribution is 5.86. The molecule has 1 saturated heterocycles. The Kier molecular flexibility index (Phi) is 6.65. The molecular formula is C17H19F3N2O5. The molecule has 0 radical (unpaired) electrons. The first-order valence-corrected chi connectivity index (χ1v) is 8.17. The molecule has 1 aliphatic heterocycles. The number of carbonyl (C=O) groups excluding carboxylic acids is 3. The summed E-state index contributed by atoms with van der Waals surface area (Å²) in [6.07, 6.45) is -4.41. The molecule has 2 rings (SSSR count). The highest BCUT2D eigenvalue weighted by Gasteiger charge is 2.33. The van der Waals surface area contributed by atoms with E-state index in [1.807, 2.05) is 0 Å². The average molecular weight is 388 g/mol. The van der Waals surface area contributed by atoms with Crippen LogP contribution in [0, 0.1) is 0 Å². The van der Waals surface area contributed by atoms with Gasteiger partial charge in [0, 0.05) is 44.2 Å². The van der Waals surface area contributed by atoms with Gasteiger partial charge in [-0.05, 0) is 12.1 Å². The Balaban J connectivity index is 2.15. The monoisotopic (exact) mass is 388 g/mol. The van der Waals surface area contributed by atoms with E-state index in [4.69, 9.17) is 0 Å². The van der Waals surface area contributed by atoms with Crippen LogP contribution in [-0.2, 0) is 19.1 Å². The Morgan fingerprint density at radius 2 is 2.04 bits per heavy atom. The number of aldehydes is 1. The number of benzene rings is 1. The molecule has 0 spiro atoms. The number of carbonyl (C=O) groups is 3. The molecule has 1 aromatic carbocycles. The molecule has 148 valence electrons. The van der Waals surface area contributed by atoms with Gasteiger partial charge >= 0.3 is 12.3 Å². The molecule has 1 atom stereocenters. The lowest BCUT2D eigenvalue weighted by atomic mass is 10.1. The Hall–Kier alpha value is -2.78. The molecule has 1 fully saturated rings. The van der Waals surface area contributed by atoms with E-state index in [1.54, 1.807) is 11.0 Å². The molecule has 10 heteroatoms. The maximum Gasteiger partial charge on any atom is 0.573 e. The van der Waals surface area contributed by atoms with Gasteiger partial charge in [0.25, 0.3) is 0 Å². The summed E-state index contributed by atoms with van der Waals surface area (Å²) in [5.41, 5.74) is 0.455. The number of hydrogen-bond acceptors (Lipinski definition) is 6. The largest absolute Gasteiger partial charge is 0.573 e. The van der Waals surface area contributed by atoms with Crippen LogP contribution in [0.2, 0.25) is 0 Å². The molecule has 0 bridgehead atoms. The van der Waals surface area contributed by atoms with E-state index >= 15 is 0 Å². The van der Waals surface area contributed by atoms with Crippen LogP contribution in [0.4, 0.5) is 18.9 Å². The minimum absolute atomic E-state index is 0.0384. The van der Waals surface area contributed by atoms with Gasteiger partial charge in [-0.25, -0.2) is 4.79 Å². The van der Waals surface area contributed by atoms with Gasteiger partial charge < -0.3 is 24.1 Å². The summed E-state index contributed by atoms with van der Waals surface area (Å²) in [6, 6.07) is 4.43. The van der Waals surface area contributed by atoms with E-state index < -0.39 is 18.4 Å². The zero-order chi connectivity index (χ0) is 20.0. The molecular weight excluding hydrogens is 369 g/mol. The molecule has 1 heterocycles. The summed E-state index contributed by atoms with van der Waals surface area (Å²) in [7, 11) is 1.17. The Bertz CT molecular complexity index is 695. The van der Waals surface area contributed by atoms with Gasteiger partial charge in [0.2, 0.25) is 5.91 Å². The van der Waals surface area contributed by atoms with Crippen LogP contribution >= 0.6 is 0 Å². The zero-order valence-electron chi connectivity index (χ0n) is 14.6. The fourth-order valence-corrected chi connectivity index (χ4v) is 2.88. The van der Waals surface area contributed by atoms with Crippen LogP contribution in [0.3, 0.4) is 0 Å². The fraction of sp³-hybridized carbons (Fsp3) is 0.471. The highest BCUT2D eigenvalue weighted by atomic mass is 19.4. The van der Waals surface area contributed by atoms with Crippen molar-refractivity contribution in [1.29, 1.82) is 0 Å². The molecule has 0 unspecified atom stereocenters. The number of methoxy groups -OCH3 is 1. The molecule has 7 nitrogen and oxygen atoms in total. The number of amides is 1. The van der Waals surface area contributed by atoms with Gasteiger partial charge in [0.15, 0.2) is 0 Å². The average Bonchev–Trinajstić information content (AvgIpc) is 2.80. The van der Waals surface area contributed by atoms with Crippen molar-refractivity contribution in [2.24, 2.45) is 0 Å². The number of halogens is 3. The van der Waals surface area contributed by atoms with Crippen molar-refractivity contribution in [3.05, 3.63) is 24.3 Å². The van der Waals surface area contributed by atoms with Gasteiger partial charge in [0.1, 0.15) is 18.1 Å². The first kappa shape index (κ1) is 20.5. The zero-order valence-corrected chi connectivity index (χ0v) is 14.6.